The van der Waals surface area contributed by atoms with E-state index < -0.39 is 6.10 Å². The van der Waals surface area contributed by atoms with Gasteiger partial charge in [-0.1, -0.05) is 12.1 Å². The quantitative estimate of drug-likeness (QED) is 0.855. The zero-order chi connectivity index (χ0) is 13.9. The van der Waals surface area contributed by atoms with Crippen LogP contribution in [0.1, 0.15) is 51.2 Å². The van der Waals surface area contributed by atoms with E-state index in [1.54, 1.807) is 7.11 Å². The summed E-state index contributed by atoms with van der Waals surface area (Å²) in [6.07, 6.45) is 3.68. The molecule has 1 aromatic carbocycles. The van der Waals surface area contributed by atoms with Crippen LogP contribution in [0.25, 0.3) is 0 Å². The molecule has 1 N–H and O–H groups in total. The lowest BCUT2D eigenvalue weighted by atomic mass is 9.75. The van der Waals surface area contributed by atoms with Crippen LogP contribution in [0.5, 0.6) is 5.75 Å². The fourth-order valence-corrected chi connectivity index (χ4v) is 2.57. The number of aliphatic hydroxyl groups is 1. The highest BCUT2D eigenvalue weighted by Gasteiger charge is 2.38. The molecule has 0 heterocycles. The van der Waals surface area contributed by atoms with Crippen molar-refractivity contribution < 1.29 is 14.6 Å². The van der Waals surface area contributed by atoms with E-state index in [2.05, 4.69) is 0 Å². The Labute approximate surface area is 115 Å². The Morgan fingerprint density at radius 2 is 1.84 bits per heavy atom. The predicted molar refractivity (Wildman–Crippen MR) is 75.4 cm³/mol. The Bertz CT molecular complexity index is 387. The summed E-state index contributed by atoms with van der Waals surface area (Å²) in [5.74, 6) is 0.844. The van der Waals surface area contributed by atoms with Gasteiger partial charge in [-0.05, 0) is 50.8 Å². The van der Waals surface area contributed by atoms with Gasteiger partial charge in [-0.25, -0.2) is 0 Å². The van der Waals surface area contributed by atoms with Crippen molar-refractivity contribution in [3.05, 3.63) is 29.8 Å². The zero-order valence-electron chi connectivity index (χ0n) is 12.1. The molecule has 1 atom stereocenters. The molecule has 1 fully saturated rings. The lowest BCUT2D eigenvalue weighted by Crippen LogP contribution is -2.40. The third-order valence-electron chi connectivity index (χ3n) is 3.90. The van der Waals surface area contributed by atoms with Crippen LogP contribution in [0.15, 0.2) is 24.3 Å². The maximum Gasteiger partial charge on any atom is 0.119 e. The average Bonchev–Trinajstić information content (AvgIpc) is 2.34. The molecule has 1 aliphatic carbocycles. The highest BCUT2D eigenvalue weighted by Crippen LogP contribution is 2.41. The van der Waals surface area contributed by atoms with E-state index in [1.165, 1.54) is 6.42 Å². The summed E-state index contributed by atoms with van der Waals surface area (Å²) < 4.78 is 11.2. The highest BCUT2D eigenvalue weighted by molar-refractivity contribution is 5.29. The van der Waals surface area contributed by atoms with Gasteiger partial charge < -0.3 is 14.6 Å². The molecule has 3 nitrogen and oxygen atoms in total. The number of benzene rings is 1. The molecule has 1 aliphatic rings. The summed E-state index contributed by atoms with van der Waals surface area (Å²) in [5, 5.41) is 10.3. The van der Waals surface area contributed by atoms with Crippen LogP contribution >= 0.6 is 0 Å². The number of hydrogen-bond donors (Lipinski definition) is 1. The Balaban J connectivity index is 1.97. The van der Waals surface area contributed by atoms with Crippen molar-refractivity contribution in [2.75, 3.05) is 7.11 Å². The normalized spacial score (nSPS) is 19.0. The van der Waals surface area contributed by atoms with E-state index in [1.807, 2.05) is 38.1 Å². The first-order valence-electron chi connectivity index (χ1n) is 7.04. The van der Waals surface area contributed by atoms with Crippen LogP contribution in [0.4, 0.5) is 0 Å². The maximum absolute atomic E-state index is 10.3. The number of aliphatic hydroxyl groups excluding tert-OH is 1. The fourth-order valence-electron chi connectivity index (χ4n) is 2.57. The lowest BCUT2D eigenvalue weighted by molar-refractivity contribution is -0.0999. The van der Waals surface area contributed by atoms with Crippen LogP contribution in [0.3, 0.4) is 0 Å². The smallest absolute Gasteiger partial charge is 0.119 e. The van der Waals surface area contributed by atoms with Crippen molar-refractivity contribution >= 4 is 0 Å². The third kappa shape index (κ3) is 3.48. The van der Waals surface area contributed by atoms with E-state index in [0.29, 0.717) is 6.42 Å². The van der Waals surface area contributed by atoms with Crippen LogP contribution in [0, 0.1) is 0 Å². The van der Waals surface area contributed by atoms with E-state index >= 15 is 0 Å². The maximum atomic E-state index is 10.3. The first-order valence-corrected chi connectivity index (χ1v) is 7.04. The molecule has 0 radical (unpaired) electrons. The molecular formula is C16H24O3. The number of ether oxygens (including phenoxy) is 2. The van der Waals surface area contributed by atoms with Crippen molar-refractivity contribution in [1.29, 1.82) is 0 Å². The number of hydrogen-bond acceptors (Lipinski definition) is 3. The fraction of sp³-hybridized carbons (Fsp3) is 0.625. The summed E-state index contributed by atoms with van der Waals surface area (Å²) >= 11 is 0. The lowest BCUT2D eigenvalue weighted by Gasteiger charge is -2.41. The standard InChI is InChI=1S/C16H24O3/c1-12(2)19-14-7-5-13(6-8-14)15(17)11-16(18-3)9-4-10-16/h5-8,12,15,17H,4,9-11H2,1-3H3. The second-order valence-corrected chi connectivity index (χ2v) is 5.70. The largest absolute Gasteiger partial charge is 0.491 e. The van der Waals surface area contributed by atoms with Gasteiger partial charge in [0.1, 0.15) is 5.75 Å². The molecule has 0 bridgehead atoms. The Hall–Kier alpha value is -1.06. The van der Waals surface area contributed by atoms with E-state index in [4.69, 9.17) is 9.47 Å². The highest BCUT2D eigenvalue weighted by atomic mass is 16.5. The van der Waals surface area contributed by atoms with Crippen molar-refractivity contribution in [2.24, 2.45) is 0 Å². The van der Waals surface area contributed by atoms with Crippen molar-refractivity contribution in [2.45, 2.75) is 57.3 Å². The van der Waals surface area contributed by atoms with Crippen molar-refractivity contribution in [3.8, 4) is 5.75 Å². The second kappa shape index (κ2) is 5.93. The topological polar surface area (TPSA) is 38.7 Å². The molecular weight excluding hydrogens is 240 g/mol. The molecule has 0 saturated heterocycles. The summed E-state index contributed by atoms with van der Waals surface area (Å²) in [4.78, 5) is 0. The molecule has 0 aliphatic heterocycles. The van der Waals surface area contributed by atoms with E-state index in [0.717, 1.165) is 24.2 Å². The monoisotopic (exact) mass is 264 g/mol. The Morgan fingerprint density at radius 3 is 2.26 bits per heavy atom. The molecule has 106 valence electrons. The summed E-state index contributed by atoms with van der Waals surface area (Å²) in [6.45, 7) is 4.00. The number of rotatable bonds is 6. The second-order valence-electron chi connectivity index (χ2n) is 5.70. The van der Waals surface area contributed by atoms with Gasteiger partial charge >= 0.3 is 0 Å². The minimum absolute atomic E-state index is 0.105. The predicted octanol–water partition coefficient (Wildman–Crippen LogP) is 3.47. The van der Waals surface area contributed by atoms with Gasteiger partial charge in [-0.2, -0.15) is 0 Å². The molecule has 2 rings (SSSR count). The van der Waals surface area contributed by atoms with Crippen molar-refractivity contribution in [1.82, 2.24) is 0 Å². The van der Waals surface area contributed by atoms with Gasteiger partial charge in [-0.3, -0.25) is 0 Å². The number of methoxy groups -OCH3 is 1. The first-order chi connectivity index (χ1) is 9.04. The van der Waals surface area contributed by atoms with Gasteiger partial charge in [0.15, 0.2) is 0 Å². The molecule has 3 heteroatoms. The average molecular weight is 264 g/mol. The van der Waals surface area contributed by atoms with E-state index in [-0.39, 0.29) is 11.7 Å². The van der Waals surface area contributed by atoms with Gasteiger partial charge in [0.05, 0.1) is 17.8 Å². The first kappa shape index (κ1) is 14.4. The summed E-state index contributed by atoms with van der Waals surface area (Å²) in [5.41, 5.74) is 0.825. The molecule has 1 aromatic rings. The summed E-state index contributed by atoms with van der Waals surface area (Å²) in [7, 11) is 1.74. The minimum atomic E-state index is -0.464. The SMILES string of the molecule is COC1(CC(O)c2ccc(OC(C)C)cc2)CCC1. The molecule has 19 heavy (non-hydrogen) atoms. The van der Waals surface area contributed by atoms with Gasteiger partial charge in [-0.15, -0.1) is 0 Å². The van der Waals surface area contributed by atoms with Crippen LogP contribution in [-0.4, -0.2) is 23.9 Å². The van der Waals surface area contributed by atoms with Gasteiger partial charge in [0.25, 0.3) is 0 Å². The van der Waals surface area contributed by atoms with E-state index in [9.17, 15) is 5.11 Å². The molecule has 0 aromatic heterocycles. The Morgan fingerprint density at radius 1 is 1.21 bits per heavy atom. The molecule has 0 amide bonds. The third-order valence-corrected chi connectivity index (χ3v) is 3.90. The minimum Gasteiger partial charge on any atom is -0.491 e. The molecule has 1 unspecified atom stereocenters. The van der Waals surface area contributed by atoms with Crippen LogP contribution < -0.4 is 4.74 Å². The Kier molecular flexibility index (Phi) is 4.48. The van der Waals surface area contributed by atoms with Gasteiger partial charge in [0, 0.05) is 13.5 Å². The van der Waals surface area contributed by atoms with Crippen LogP contribution in [0.2, 0.25) is 0 Å². The molecule has 0 spiro atoms. The van der Waals surface area contributed by atoms with Crippen molar-refractivity contribution in [3.63, 3.8) is 0 Å². The summed E-state index contributed by atoms with van der Waals surface area (Å²) in [6, 6.07) is 7.70. The van der Waals surface area contributed by atoms with Gasteiger partial charge in [0.2, 0.25) is 0 Å². The van der Waals surface area contributed by atoms with Crippen LogP contribution in [-0.2, 0) is 4.74 Å². The molecule has 1 saturated carbocycles. The zero-order valence-corrected chi connectivity index (χ0v) is 12.1.